The molecule has 0 bridgehead atoms. The van der Waals surface area contributed by atoms with E-state index in [0.717, 1.165) is 30.5 Å². The van der Waals surface area contributed by atoms with Crippen LogP contribution in [-0.2, 0) is 11.3 Å². The van der Waals surface area contributed by atoms with Crippen LogP contribution in [0, 0.1) is 13.8 Å². The molecule has 4 heteroatoms. The Morgan fingerprint density at radius 1 is 1.53 bits per heavy atom. The molecule has 15 heavy (non-hydrogen) atoms. The molecule has 1 saturated heterocycles. The van der Waals surface area contributed by atoms with Crippen molar-refractivity contribution in [1.82, 2.24) is 10.3 Å². The molecule has 2 heterocycles. The Hall–Kier alpha value is -0.450. The number of hydrogen-bond donors (Lipinski definition) is 1. The molecule has 84 valence electrons. The minimum atomic E-state index is 0.569. The minimum Gasteiger partial charge on any atom is -0.374 e. The zero-order valence-corrected chi connectivity index (χ0v) is 10.2. The highest BCUT2D eigenvalue weighted by molar-refractivity contribution is 7.11. The van der Waals surface area contributed by atoms with Gasteiger partial charge in [-0.15, -0.1) is 11.3 Å². The minimum absolute atomic E-state index is 0.569. The van der Waals surface area contributed by atoms with Gasteiger partial charge in [0, 0.05) is 6.04 Å². The van der Waals surface area contributed by atoms with E-state index in [9.17, 15) is 0 Å². The van der Waals surface area contributed by atoms with Crippen LogP contribution in [0.15, 0.2) is 0 Å². The molecule has 0 radical (unpaired) electrons. The second-order valence-corrected chi connectivity index (χ2v) is 5.34. The van der Waals surface area contributed by atoms with E-state index >= 15 is 0 Å². The fourth-order valence-electron chi connectivity index (χ4n) is 1.90. The van der Waals surface area contributed by atoms with Gasteiger partial charge in [0.1, 0.15) is 0 Å². The predicted molar refractivity (Wildman–Crippen MR) is 62.3 cm³/mol. The third-order valence-electron chi connectivity index (χ3n) is 2.71. The van der Waals surface area contributed by atoms with Crippen LogP contribution < -0.4 is 5.32 Å². The van der Waals surface area contributed by atoms with Gasteiger partial charge in [-0.05, 0) is 33.2 Å². The Balaban J connectivity index is 1.75. The summed E-state index contributed by atoms with van der Waals surface area (Å²) in [6.45, 7) is 6.79. The number of thiazole rings is 1. The summed E-state index contributed by atoms with van der Waals surface area (Å²) in [5.74, 6) is 0. The van der Waals surface area contributed by atoms with Crippen molar-refractivity contribution in [1.29, 1.82) is 0 Å². The van der Waals surface area contributed by atoms with E-state index in [-0.39, 0.29) is 0 Å². The number of aryl methyl sites for hydroxylation is 2. The van der Waals surface area contributed by atoms with Crippen molar-refractivity contribution in [2.24, 2.45) is 0 Å². The molecule has 1 aromatic rings. The molecule has 1 N–H and O–H groups in total. The van der Waals surface area contributed by atoms with Crippen LogP contribution in [0.2, 0.25) is 0 Å². The lowest BCUT2D eigenvalue weighted by molar-refractivity contribution is 0.105. The van der Waals surface area contributed by atoms with Crippen LogP contribution in [0.1, 0.15) is 28.4 Å². The Morgan fingerprint density at radius 3 is 3.00 bits per heavy atom. The SMILES string of the molecule is Cc1nc(C)c(COCC2CCCN2)s1. The first-order valence-electron chi connectivity index (χ1n) is 5.50. The van der Waals surface area contributed by atoms with E-state index in [2.05, 4.69) is 17.2 Å². The Morgan fingerprint density at radius 2 is 2.40 bits per heavy atom. The second kappa shape index (κ2) is 5.05. The van der Waals surface area contributed by atoms with Gasteiger partial charge in [0.2, 0.25) is 0 Å². The molecule has 1 aliphatic rings. The van der Waals surface area contributed by atoms with Gasteiger partial charge in [-0.2, -0.15) is 0 Å². The first-order chi connectivity index (χ1) is 7.25. The van der Waals surface area contributed by atoms with Crippen LogP contribution in [0.3, 0.4) is 0 Å². The largest absolute Gasteiger partial charge is 0.374 e. The van der Waals surface area contributed by atoms with Gasteiger partial charge in [0.25, 0.3) is 0 Å². The van der Waals surface area contributed by atoms with E-state index in [0.29, 0.717) is 6.04 Å². The Kier molecular flexibility index (Phi) is 3.72. The summed E-state index contributed by atoms with van der Waals surface area (Å²) in [6.07, 6.45) is 2.54. The Bertz CT molecular complexity index is 318. The zero-order valence-electron chi connectivity index (χ0n) is 9.38. The fraction of sp³-hybridized carbons (Fsp3) is 0.727. The molecule has 0 spiro atoms. The predicted octanol–water partition coefficient (Wildman–Crippen LogP) is 2.03. The molecule has 1 unspecified atom stereocenters. The van der Waals surface area contributed by atoms with E-state index in [1.165, 1.54) is 17.7 Å². The van der Waals surface area contributed by atoms with Crippen molar-refractivity contribution < 1.29 is 4.74 Å². The molecule has 1 aromatic heterocycles. The summed E-state index contributed by atoms with van der Waals surface area (Å²) in [6, 6.07) is 0.569. The molecule has 0 aliphatic carbocycles. The van der Waals surface area contributed by atoms with Crippen LogP contribution in [0.4, 0.5) is 0 Å². The van der Waals surface area contributed by atoms with E-state index in [1.807, 2.05) is 6.92 Å². The standard InChI is InChI=1S/C11H18N2OS/c1-8-11(15-9(2)13-8)7-14-6-10-4-3-5-12-10/h10,12H,3-7H2,1-2H3. The molecule has 0 amide bonds. The summed E-state index contributed by atoms with van der Waals surface area (Å²) >= 11 is 1.74. The van der Waals surface area contributed by atoms with Gasteiger partial charge >= 0.3 is 0 Å². The van der Waals surface area contributed by atoms with Crippen molar-refractivity contribution in [3.05, 3.63) is 15.6 Å². The monoisotopic (exact) mass is 226 g/mol. The van der Waals surface area contributed by atoms with Gasteiger partial charge in [-0.25, -0.2) is 4.98 Å². The van der Waals surface area contributed by atoms with Crippen molar-refractivity contribution in [3.63, 3.8) is 0 Å². The van der Waals surface area contributed by atoms with Crippen molar-refractivity contribution in [2.75, 3.05) is 13.2 Å². The lowest BCUT2D eigenvalue weighted by atomic mass is 10.2. The summed E-state index contributed by atoms with van der Waals surface area (Å²) in [5.41, 5.74) is 1.12. The molecule has 3 nitrogen and oxygen atoms in total. The van der Waals surface area contributed by atoms with Crippen molar-refractivity contribution in [3.8, 4) is 0 Å². The average Bonchev–Trinajstić information content (AvgIpc) is 2.77. The maximum Gasteiger partial charge on any atom is 0.0900 e. The van der Waals surface area contributed by atoms with Gasteiger partial charge in [-0.3, -0.25) is 0 Å². The Labute approximate surface area is 94.9 Å². The molecule has 0 saturated carbocycles. The van der Waals surface area contributed by atoms with Crippen LogP contribution in [0.25, 0.3) is 0 Å². The lowest BCUT2D eigenvalue weighted by Gasteiger charge is -2.09. The number of nitrogens with one attached hydrogen (secondary N) is 1. The van der Waals surface area contributed by atoms with Gasteiger partial charge in [-0.1, -0.05) is 0 Å². The van der Waals surface area contributed by atoms with E-state index < -0.39 is 0 Å². The summed E-state index contributed by atoms with van der Waals surface area (Å²) in [5, 5.41) is 4.56. The number of nitrogens with zero attached hydrogens (tertiary/aromatic N) is 1. The highest BCUT2D eigenvalue weighted by Gasteiger charge is 2.14. The van der Waals surface area contributed by atoms with Gasteiger partial charge < -0.3 is 10.1 Å². The zero-order chi connectivity index (χ0) is 10.7. The van der Waals surface area contributed by atoms with E-state index in [4.69, 9.17) is 4.74 Å². The topological polar surface area (TPSA) is 34.1 Å². The van der Waals surface area contributed by atoms with Crippen LogP contribution >= 0.6 is 11.3 Å². The molecule has 1 fully saturated rings. The molecule has 2 rings (SSSR count). The first kappa shape index (κ1) is 11.0. The number of aromatic nitrogens is 1. The lowest BCUT2D eigenvalue weighted by Crippen LogP contribution is -2.26. The third-order valence-corrected chi connectivity index (χ3v) is 3.76. The summed E-state index contributed by atoms with van der Waals surface area (Å²) < 4.78 is 5.71. The van der Waals surface area contributed by atoms with Crippen molar-refractivity contribution in [2.45, 2.75) is 39.3 Å². The highest BCUT2D eigenvalue weighted by atomic mass is 32.1. The summed E-state index contributed by atoms with van der Waals surface area (Å²) in [7, 11) is 0. The average molecular weight is 226 g/mol. The van der Waals surface area contributed by atoms with Crippen LogP contribution in [0.5, 0.6) is 0 Å². The third kappa shape index (κ3) is 3.00. The van der Waals surface area contributed by atoms with Crippen molar-refractivity contribution >= 4 is 11.3 Å². The quantitative estimate of drug-likeness (QED) is 0.853. The van der Waals surface area contributed by atoms with Gasteiger partial charge in [0.15, 0.2) is 0 Å². The highest BCUT2D eigenvalue weighted by Crippen LogP contribution is 2.18. The summed E-state index contributed by atoms with van der Waals surface area (Å²) in [4.78, 5) is 5.65. The van der Waals surface area contributed by atoms with E-state index in [1.54, 1.807) is 11.3 Å². The maximum atomic E-state index is 5.71. The molecule has 0 aromatic carbocycles. The maximum absolute atomic E-state index is 5.71. The normalized spacial score (nSPS) is 21.1. The number of ether oxygens (including phenoxy) is 1. The fourth-order valence-corrected chi connectivity index (χ4v) is 2.78. The first-order valence-corrected chi connectivity index (χ1v) is 6.31. The number of rotatable bonds is 4. The number of hydrogen-bond acceptors (Lipinski definition) is 4. The molecule has 1 atom stereocenters. The second-order valence-electron chi connectivity index (χ2n) is 4.05. The molecular formula is C11H18N2OS. The van der Waals surface area contributed by atoms with Gasteiger partial charge in [0.05, 0.1) is 28.8 Å². The molecular weight excluding hydrogens is 208 g/mol. The smallest absolute Gasteiger partial charge is 0.0900 e. The van der Waals surface area contributed by atoms with Crippen LogP contribution in [-0.4, -0.2) is 24.2 Å². The molecule has 1 aliphatic heterocycles.